The molecule has 2 aromatic rings. The molecule has 1 N–H and O–H groups in total. The fraction of sp³-hybridized carbons (Fsp3) is 0.364. The highest BCUT2D eigenvalue weighted by Crippen LogP contribution is 2.29. The summed E-state index contributed by atoms with van der Waals surface area (Å²) in [6.45, 7) is 1.97. The van der Waals surface area contributed by atoms with Crippen molar-refractivity contribution in [2.45, 2.75) is 25.7 Å². The average Bonchev–Trinajstić information content (AvgIpc) is 2.73. The van der Waals surface area contributed by atoms with Crippen LogP contribution in [0.15, 0.2) is 17.8 Å². The van der Waals surface area contributed by atoms with Gasteiger partial charge >= 0.3 is 5.97 Å². The Bertz CT molecular complexity index is 509. The van der Waals surface area contributed by atoms with Gasteiger partial charge in [-0.3, -0.25) is 4.79 Å². The lowest BCUT2D eigenvalue weighted by atomic mass is 9.99. The predicted octanol–water partition coefficient (Wildman–Crippen LogP) is 2.66. The number of carboxylic acids is 1. The number of fused-ring (bicyclic) bond motifs is 1. The average molecular weight is 236 g/mol. The normalized spacial score (nSPS) is 12.8. The van der Waals surface area contributed by atoms with Crippen LogP contribution in [0.4, 0.5) is 0 Å². The first-order chi connectivity index (χ1) is 7.74. The molecule has 1 atom stereocenters. The molecule has 5 heteroatoms. The van der Waals surface area contributed by atoms with E-state index in [4.69, 9.17) is 0 Å². The summed E-state index contributed by atoms with van der Waals surface area (Å²) < 4.78 is 0.892. The van der Waals surface area contributed by atoms with Crippen molar-refractivity contribution in [1.82, 2.24) is 9.97 Å². The third kappa shape index (κ3) is 1.90. The molecule has 0 amide bonds. The van der Waals surface area contributed by atoms with E-state index >= 15 is 0 Å². The summed E-state index contributed by atoms with van der Waals surface area (Å²) in [6.07, 6.45) is 2.88. The fourth-order valence-electron chi connectivity index (χ4n) is 1.72. The molecule has 0 aliphatic heterocycles. The molecular weight excluding hydrogens is 224 g/mol. The lowest BCUT2D eigenvalue weighted by Gasteiger charge is -2.10. The Morgan fingerprint density at radius 2 is 2.38 bits per heavy atom. The highest BCUT2D eigenvalue weighted by molar-refractivity contribution is 7.17. The topological polar surface area (TPSA) is 63.1 Å². The van der Waals surface area contributed by atoms with E-state index in [0.717, 1.165) is 16.6 Å². The van der Waals surface area contributed by atoms with E-state index in [1.165, 1.54) is 17.7 Å². The van der Waals surface area contributed by atoms with Crippen molar-refractivity contribution in [1.29, 1.82) is 0 Å². The minimum atomic E-state index is -0.810. The summed E-state index contributed by atoms with van der Waals surface area (Å²) in [7, 11) is 0. The van der Waals surface area contributed by atoms with Crippen molar-refractivity contribution < 1.29 is 9.90 Å². The quantitative estimate of drug-likeness (QED) is 0.886. The third-order valence-electron chi connectivity index (χ3n) is 2.48. The summed E-state index contributed by atoms with van der Waals surface area (Å²) in [4.78, 5) is 19.4. The molecule has 2 aromatic heterocycles. The van der Waals surface area contributed by atoms with Gasteiger partial charge in [0, 0.05) is 0 Å². The molecule has 0 saturated carbocycles. The Kier molecular flexibility index (Phi) is 3.14. The summed E-state index contributed by atoms with van der Waals surface area (Å²) in [5.41, 5.74) is 1.48. The third-order valence-corrected chi connectivity index (χ3v) is 3.40. The van der Waals surface area contributed by atoms with Gasteiger partial charge in [-0.1, -0.05) is 13.3 Å². The largest absolute Gasteiger partial charge is 0.481 e. The van der Waals surface area contributed by atoms with Gasteiger partial charge in [0.2, 0.25) is 0 Å². The first-order valence-electron chi connectivity index (χ1n) is 5.15. The standard InChI is InChI=1S/C11H12N2O2S/c1-2-3-7(11(14)15)9-10-8(4-5-16-10)12-6-13-9/h4-7H,2-3H2,1H3,(H,14,15). The zero-order valence-corrected chi connectivity index (χ0v) is 9.70. The number of aromatic nitrogens is 2. The van der Waals surface area contributed by atoms with Crippen molar-refractivity contribution >= 4 is 27.5 Å². The van der Waals surface area contributed by atoms with Crippen molar-refractivity contribution in [3.05, 3.63) is 23.5 Å². The molecule has 84 valence electrons. The number of carbonyl (C=O) groups is 1. The molecule has 0 aromatic carbocycles. The molecule has 16 heavy (non-hydrogen) atoms. The number of aliphatic carboxylic acids is 1. The van der Waals surface area contributed by atoms with Crippen LogP contribution in [0.25, 0.3) is 10.2 Å². The molecule has 4 nitrogen and oxygen atoms in total. The van der Waals surface area contributed by atoms with Crippen LogP contribution in [-0.2, 0) is 4.79 Å². The number of hydrogen-bond donors (Lipinski definition) is 1. The maximum atomic E-state index is 11.2. The van der Waals surface area contributed by atoms with E-state index < -0.39 is 11.9 Å². The van der Waals surface area contributed by atoms with Crippen LogP contribution in [0.3, 0.4) is 0 Å². The van der Waals surface area contributed by atoms with Gasteiger partial charge in [0.05, 0.1) is 15.9 Å². The molecule has 2 heterocycles. The Morgan fingerprint density at radius 1 is 1.56 bits per heavy atom. The lowest BCUT2D eigenvalue weighted by Crippen LogP contribution is -2.13. The van der Waals surface area contributed by atoms with E-state index in [1.807, 2.05) is 18.4 Å². The van der Waals surface area contributed by atoms with Crippen LogP contribution in [0.2, 0.25) is 0 Å². The monoisotopic (exact) mass is 236 g/mol. The van der Waals surface area contributed by atoms with Crippen molar-refractivity contribution in [2.75, 3.05) is 0 Å². The predicted molar refractivity (Wildman–Crippen MR) is 62.7 cm³/mol. The van der Waals surface area contributed by atoms with Gasteiger partial charge in [-0.2, -0.15) is 0 Å². The fourth-order valence-corrected chi connectivity index (χ4v) is 2.61. The van der Waals surface area contributed by atoms with E-state index in [0.29, 0.717) is 12.1 Å². The summed E-state index contributed by atoms with van der Waals surface area (Å²) in [5, 5.41) is 11.1. The summed E-state index contributed by atoms with van der Waals surface area (Å²) in [5.74, 6) is -1.33. The van der Waals surface area contributed by atoms with Crippen LogP contribution in [-0.4, -0.2) is 21.0 Å². The zero-order chi connectivity index (χ0) is 11.5. The lowest BCUT2D eigenvalue weighted by molar-refractivity contribution is -0.139. The number of hydrogen-bond acceptors (Lipinski definition) is 4. The minimum absolute atomic E-state index is 0.519. The molecule has 0 spiro atoms. The van der Waals surface area contributed by atoms with Gasteiger partial charge in [-0.25, -0.2) is 9.97 Å². The van der Waals surface area contributed by atoms with Crippen molar-refractivity contribution in [3.8, 4) is 0 Å². The molecule has 2 rings (SSSR count). The van der Waals surface area contributed by atoms with Crippen LogP contribution in [0, 0.1) is 0 Å². The number of thiophene rings is 1. The SMILES string of the molecule is CCCC(C(=O)O)c1ncnc2ccsc12. The molecule has 0 aliphatic rings. The van der Waals surface area contributed by atoms with Gasteiger partial charge in [-0.15, -0.1) is 11.3 Å². The van der Waals surface area contributed by atoms with Gasteiger partial charge in [0.15, 0.2) is 0 Å². The molecule has 0 bridgehead atoms. The summed E-state index contributed by atoms with van der Waals surface area (Å²) >= 11 is 1.50. The zero-order valence-electron chi connectivity index (χ0n) is 8.88. The van der Waals surface area contributed by atoms with Crippen molar-refractivity contribution in [3.63, 3.8) is 0 Å². The van der Waals surface area contributed by atoms with Gasteiger partial charge in [0.1, 0.15) is 12.2 Å². The van der Waals surface area contributed by atoms with Crippen molar-refractivity contribution in [2.24, 2.45) is 0 Å². The van der Waals surface area contributed by atoms with Crippen LogP contribution < -0.4 is 0 Å². The Balaban J connectivity index is 2.51. The van der Waals surface area contributed by atoms with E-state index in [-0.39, 0.29) is 0 Å². The van der Waals surface area contributed by atoms with Gasteiger partial charge in [0.25, 0.3) is 0 Å². The molecule has 0 fully saturated rings. The smallest absolute Gasteiger partial charge is 0.312 e. The second-order valence-corrected chi connectivity index (χ2v) is 4.49. The van der Waals surface area contributed by atoms with E-state index in [1.54, 1.807) is 0 Å². The Morgan fingerprint density at radius 3 is 3.06 bits per heavy atom. The summed E-state index contributed by atoms with van der Waals surface area (Å²) in [6, 6.07) is 1.88. The first kappa shape index (κ1) is 11.0. The highest BCUT2D eigenvalue weighted by atomic mass is 32.1. The molecule has 0 radical (unpaired) electrons. The van der Waals surface area contributed by atoms with Gasteiger partial charge in [-0.05, 0) is 17.9 Å². The van der Waals surface area contributed by atoms with Crippen LogP contribution in [0.5, 0.6) is 0 Å². The highest BCUT2D eigenvalue weighted by Gasteiger charge is 2.23. The number of carboxylic acid groups (broad SMARTS) is 1. The maximum absolute atomic E-state index is 11.2. The van der Waals surface area contributed by atoms with Gasteiger partial charge < -0.3 is 5.11 Å². The van der Waals surface area contributed by atoms with Crippen LogP contribution >= 0.6 is 11.3 Å². The number of rotatable bonds is 4. The second kappa shape index (κ2) is 4.57. The molecule has 0 aliphatic carbocycles. The minimum Gasteiger partial charge on any atom is -0.481 e. The number of nitrogens with zero attached hydrogens (tertiary/aromatic N) is 2. The molecule has 1 unspecified atom stereocenters. The molecular formula is C11H12N2O2S. The Labute approximate surface area is 97.0 Å². The van der Waals surface area contributed by atoms with E-state index in [9.17, 15) is 9.90 Å². The Hall–Kier alpha value is -1.49. The van der Waals surface area contributed by atoms with Crippen LogP contribution in [0.1, 0.15) is 31.4 Å². The van der Waals surface area contributed by atoms with E-state index in [2.05, 4.69) is 9.97 Å². The second-order valence-electron chi connectivity index (χ2n) is 3.57. The molecule has 0 saturated heterocycles. The maximum Gasteiger partial charge on any atom is 0.312 e. The first-order valence-corrected chi connectivity index (χ1v) is 6.03.